The fourth-order valence-corrected chi connectivity index (χ4v) is 4.50. The van der Waals surface area contributed by atoms with Crippen LogP contribution < -0.4 is 5.32 Å². The van der Waals surface area contributed by atoms with Gasteiger partial charge < -0.3 is 15.0 Å². The van der Waals surface area contributed by atoms with Gasteiger partial charge in [0.2, 0.25) is 11.8 Å². The quantitative estimate of drug-likeness (QED) is 0.417. The van der Waals surface area contributed by atoms with E-state index in [1.54, 1.807) is 17.0 Å². The molecule has 1 aliphatic heterocycles. The van der Waals surface area contributed by atoms with Gasteiger partial charge in [-0.2, -0.15) is 0 Å². The van der Waals surface area contributed by atoms with Crippen molar-refractivity contribution in [2.45, 2.75) is 44.4 Å². The average molecular weight is 491 g/mol. The van der Waals surface area contributed by atoms with Crippen LogP contribution in [0, 0.1) is 0 Å². The molecule has 1 fully saturated rings. The van der Waals surface area contributed by atoms with Gasteiger partial charge in [0.1, 0.15) is 6.04 Å². The van der Waals surface area contributed by atoms with Crippen molar-refractivity contribution in [3.63, 3.8) is 0 Å². The Morgan fingerprint density at radius 2 is 1.63 bits per heavy atom. The van der Waals surface area contributed by atoms with Crippen LogP contribution in [-0.2, 0) is 27.3 Å². The van der Waals surface area contributed by atoms with E-state index < -0.39 is 6.04 Å². The lowest BCUT2D eigenvalue weighted by atomic mass is 10.0. The maximum Gasteiger partial charge on any atom is 0.247 e. The minimum atomic E-state index is -0.753. The molecule has 0 saturated carbocycles. The van der Waals surface area contributed by atoms with E-state index in [0.29, 0.717) is 31.0 Å². The molecular weight excluding hydrogens is 460 g/mol. The Morgan fingerprint density at radius 1 is 0.943 bits per heavy atom. The number of hydrogen-bond donors (Lipinski definition) is 1. The first-order chi connectivity index (χ1) is 17.1. The summed E-state index contributed by atoms with van der Waals surface area (Å²) in [6, 6.07) is 26.1. The molecule has 6 heteroatoms. The average Bonchev–Trinajstić information content (AvgIpc) is 3.42. The molecule has 0 radical (unpaired) electrons. The van der Waals surface area contributed by atoms with Gasteiger partial charge in [-0.3, -0.25) is 9.59 Å². The molecule has 0 spiro atoms. The summed E-state index contributed by atoms with van der Waals surface area (Å²) in [5.41, 5.74) is 2.78. The molecule has 1 aliphatic rings. The minimum Gasteiger partial charge on any atom is -0.376 e. The summed E-state index contributed by atoms with van der Waals surface area (Å²) in [5.74, 6) is -0.279. The van der Waals surface area contributed by atoms with E-state index in [1.165, 1.54) is 0 Å². The molecule has 182 valence electrons. The van der Waals surface area contributed by atoms with Crippen LogP contribution in [0.1, 0.15) is 42.0 Å². The van der Waals surface area contributed by atoms with Crippen LogP contribution in [0.4, 0.5) is 0 Å². The van der Waals surface area contributed by atoms with Gasteiger partial charge in [0, 0.05) is 31.1 Å². The van der Waals surface area contributed by atoms with Crippen molar-refractivity contribution >= 4 is 23.4 Å². The van der Waals surface area contributed by atoms with Gasteiger partial charge in [-0.05, 0) is 48.1 Å². The standard InChI is InChI=1S/C29H31ClN2O3/c30-25-16-13-23(14-17-25)21-32(27(33)18-15-22-8-3-1-4-9-22)28(24-10-5-2-6-11-24)29(34)31-20-26-12-7-19-35-26/h1-6,8-11,13-14,16-17,26,28H,7,12,15,18-21H2,(H,31,34)/t26-,28+/m1/s1. The molecule has 0 aliphatic carbocycles. The number of nitrogens with one attached hydrogen (secondary N) is 1. The van der Waals surface area contributed by atoms with Crippen molar-refractivity contribution in [1.29, 1.82) is 0 Å². The molecule has 4 rings (SSSR count). The molecule has 0 unspecified atom stereocenters. The Kier molecular flexibility index (Phi) is 8.93. The van der Waals surface area contributed by atoms with E-state index in [2.05, 4.69) is 5.32 Å². The number of aryl methyl sites for hydroxylation is 1. The molecular formula is C29H31ClN2O3. The Balaban J connectivity index is 1.60. The van der Waals surface area contributed by atoms with Crippen LogP contribution in [0.25, 0.3) is 0 Å². The molecule has 0 aromatic heterocycles. The topological polar surface area (TPSA) is 58.6 Å². The largest absolute Gasteiger partial charge is 0.376 e. The molecule has 3 aromatic carbocycles. The first kappa shape index (κ1) is 25.0. The van der Waals surface area contributed by atoms with Gasteiger partial charge in [-0.25, -0.2) is 0 Å². The number of halogens is 1. The van der Waals surface area contributed by atoms with E-state index >= 15 is 0 Å². The molecule has 0 bridgehead atoms. The molecule has 3 aromatic rings. The van der Waals surface area contributed by atoms with E-state index in [4.69, 9.17) is 16.3 Å². The van der Waals surface area contributed by atoms with Crippen LogP contribution >= 0.6 is 11.6 Å². The number of benzene rings is 3. The van der Waals surface area contributed by atoms with Crippen LogP contribution in [0.2, 0.25) is 5.02 Å². The monoisotopic (exact) mass is 490 g/mol. The number of carbonyl (C=O) groups excluding carboxylic acids is 2. The number of rotatable bonds is 10. The van der Waals surface area contributed by atoms with Gasteiger partial charge in [0.25, 0.3) is 0 Å². The van der Waals surface area contributed by atoms with Gasteiger partial charge in [0.05, 0.1) is 6.10 Å². The second-order valence-corrected chi connectivity index (χ2v) is 9.26. The lowest BCUT2D eigenvalue weighted by molar-refractivity contribution is -0.141. The highest BCUT2D eigenvalue weighted by molar-refractivity contribution is 6.30. The predicted octanol–water partition coefficient (Wildman–Crippen LogP) is 5.34. The molecule has 2 atom stereocenters. The van der Waals surface area contributed by atoms with Crippen LogP contribution in [-0.4, -0.2) is 36.0 Å². The number of amides is 2. The van der Waals surface area contributed by atoms with Gasteiger partial charge >= 0.3 is 0 Å². The molecule has 2 amide bonds. The summed E-state index contributed by atoms with van der Waals surface area (Å²) in [5, 5.41) is 3.68. The van der Waals surface area contributed by atoms with Crippen LogP contribution in [0.5, 0.6) is 0 Å². The van der Waals surface area contributed by atoms with E-state index in [9.17, 15) is 9.59 Å². The number of hydrogen-bond acceptors (Lipinski definition) is 3. The minimum absolute atomic E-state index is 0.0221. The molecule has 1 heterocycles. The summed E-state index contributed by atoms with van der Waals surface area (Å²) >= 11 is 6.08. The lowest BCUT2D eigenvalue weighted by Crippen LogP contribution is -2.45. The summed E-state index contributed by atoms with van der Waals surface area (Å²) in [7, 11) is 0. The van der Waals surface area contributed by atoms with Gasteiger partial charge in [-0.15, -0.1) is 0 Å². The number of nitrogens with zero attached hydrogens (tertiary/aromatic N) is 1. The predicted molar refractivity (Wildman–Crippen MR) is 138 cm³/mol. The van der Waals surface area contributed by atoms with Gasteiger partial charge in [0.15, 0.2) is 0 Å². The van der Waals surface area contributed by atoms with Crippen LogP contribution in [0.3, 0.4) is 0 Å². The van der Waals surface area contributed by atoms with E-state index in [-0.39, 0.29) is 17.9 Å². The number of carbonyl (C=O) groups is 2. The summed E-state index contributed by atoms with van der Waals surface area (Å²) in [6.07, 6.45) is 2.87. The Labute approximate surface area is 212 Å². The zero-order valence-electron chi connectivity index (χ0n) is 19.7. The summed E-state index contributed by atoms with van der Waals surface area (Å²) < 4.78 is 5.68. The zero-order valence-corrected chi connectivity index (χ0v) is 20.5. The molecule has 1 saturated heterocycles. The Morgan fingerprint density at radius 3 is 2.29 bits per heavy atom. The smallest absolute Gasteiger partial charge is 0.247 e. The zero-order chi connectivity index (χ0) is 24.5. The normalized spacial score (nSPS) is 16.0. The lowest BCUT2D eigenvalue weighted by Gasteiger charge is -2.32. The van der Waals surface area contributed by atoms with Crippen molar-refractivity contribution in [3.8, 4) is 0 Å². The first-order valence-electron chi connectivity index (χ1n) is 12.1. The first-order valence-corrected chi connectivity index (χ1v) is 12.5. The van der Waals surface area contributed by atoms with Crippen molar-refractivity contribution < 1.29 is 14.3 Å². The van der Waals surface area contributed by atoms with Crippen LogP contribution in [0.15, 0.2) is 84.9 Å². The fourth-order valence-electron chi connectivity index (χ4n) is 4.37. The fraction of sp³-hybridized carbons (Fsp3) is 0.310. The van der Waals surface area contributed by atoms with Crippen molar-refractivity contribution in [2.75, 3.05) is 13.2 Å². The third-order valence-corrected chi connectivity index (χ3v) is 6.51. The van der Waals surface area contributed by atoms with Crippen molar-refractivity contribution in [2.24, 2.45) is 0 Å². The van der Waals surface area contributed by atoms with Crippen molar-refractivity contribution in [1.82, 2.24) is 10.2 Å². The highest BCUT2D eigenvalue weighted by Gasteiger charge is 2.32. The third kappa shape index (κ3) is 7.17. The number of ether oxygens (including phenoxy) is 1. The van der Waals surface area contributed by atoms with E-state index in [0.717, 1.165) is 36.1 Å². The maximum atomic E-state index is 13.7. The third-order valence-electron chi connectivity index (χ3n) is 6.26. The van der Waals surface area contributed by atoms with Gasteiger partial charge in [-0.1, -0.05) is 84.4 Å². The summed E-state index contributed by atoms with van der Waals surface area (Å²) in [6.45, 7) is 1.47. The molecule has 5 nitrogen and oxygen atoms in total. The highest BCUT2D eigenvalue weighted by atomic mass is 35.5. The maximum absolute atomic E-state index is 13.7. The Hall–Kier alpha value is -3.15. The summed E-state index contributed by atoms with van der Waals surface area (Å²) in [4.78, 5) is 28.9. The highest BCUT2D eigenvalue weighted by Crippen LogP contribution is 2.26. The molecule has 1 N–H and O–H groups in total. The Bertz CT molecular complexity index is 1080. The second kappa shape index (κ2) is 12.5. The van der Waals surface area contributed by atoms with Crippen molar-refractivity contribution in [3.05, 3.63) is 107 Å². The second-order valence-electron chi connectivity index (χ2n) is 8.83. The SMILES string of the molecule is O=C(NC[C@H]1CCCO1)[C@H](c1ccccc1)N(Cc1ccc(Cl)cc1)C(=O)CCc1ccccc1. The van der Waals surface area contributed by atoms with E-state index in [1.807, 2.05) is 72.8 Å². The molecule has 35 heavy (non-hydrogen) atoms.